The van der Waals surface area contributed by atoms with Crippen LogP contribution in [-0.2, 0) is 0 Å². The minimum absolute atomic E-state index is 0.507. The highest BCUT2D eigenvalue weighted by atomic mass is 79.9. The Morgan fingerprint density at radius 3 is 2.77 bits per heavy atom. The van der Waals surface area contributed by atoms with Crippen molar-refractivity contribution < 1.29 is 4.42 Å². The van der Waals surface area contributed by atoms with Crippen LogP contribution in [0.3, 0.4) is 0 Å². The molecule has 1 aromatic heterocycles. The molecular formula is C8H11BrN2OS. The van der Waals surface area contributed by atoms with Gasteiger partial charge in [-0.15, -0.1) is 10.2 Å². The van der Waals surface area contributed by atoms with Crippen LogP contribution in [0.25, 0.3) is 0 Å². The number of halogens is 1. The summed E-state index contributed by atoms with van der Waals surface area (Å²) in [4.78, 5) is 0. The molecule has 0 aliphatic heterocycles. The van der Waals surface area contributed by atoms with Crippen molar-refractivity contribution in [2.75, 3.05) is 11.1 Å². The minimum atomic E-state index is 0.507. The van der Waals surface area contributed by atoms with Crippen LogP contribution in [0.4, 0.5) is 0 Å². The third-order valence-electron chi connectivity index (χ3n) is 2.25. The highest BCUT2D eigenvalue weighted by Gasteiger charge is 2.41. The molecule has 1 fully saturated rings. The van der Waals surface area contributed by atoms with E-state index in [1.807, 2.05) is 6.92 Å². The number of aromatic nitrogens is 2. The molecule has 5 heteroatoms. The SMILES string of the molecule is Cc1nnc(SCC2(CBr)CC2)o1. The van der Waals surface area contributed by atoms with Crippen molar-refractivity contribution in [2.24, 2.45) is 5.41 Å². The van der Waals surface area contributed by atoms with E-state index in [1.165, 1.54) is 12.8 Å². The zero-order valence-electron chi connectivity index (χ0n) is 7.42. The normalized spacial score (nSPS) is 18.9. The Morgan fingerprint density at radius 1 is 1.54 bits per heavy atom. The molecule has 1 heterocycles. The van der Waals surface area contributed by atoms with Crippen LogP contribution in [0, 0.1) is 12.3 Å². The monoisotopic (exact) mass is 262 g/mol. The van der Waals surface area contributed by atoms with E-state index in [2.05, 4.69) is 26.1 Å². The highest BCUT2D eigenvalue weighted by Crippen LogP contribution is 2.50. The summed E-state index contributed by atoms with van der Waals surface area (Å²) in [5.74, 6) is 1.73. The first-order valence-corrected chi connectivity index (χ1v) is 6.34. The Bertz CT molecular complexity index is 298. The Balaban J connectivity index is 1.86. The fraction of sp³-hybridized carbons (Fsp3) is 0.750. The number of hydrogen-bond acceptors (Lipinski definition) is 4. The largest absolute Gasteiger partial charge is 0.416 e. The molecule has 0 atom stereocenters. The van der Waals surface area contributed by atoms with Crippen LogP contribution in [0.1, 0.15) is 18.7 Å². The lowest BCUT2D eigenvalue weighted by molar-refractivity contribution is 0.428. The minimum Gasteiger partial charge on any atom is -0.416 e. The van der Waals surface area contributed by atoms with Gasteiger partial charge < -0.3 is 4.42 Å². The van der Waals surface area contributed by atoms with Gasteiger partial charge in [-0.1, -0.05) is 27.7 Å². The first-order chi connectivity index (χ1) is 6.24. The van der Waals surface area contributed by atoms with E-state index in [0.29, 0.717) is 16.5 Å². The molecule has 0 unspecified atom stereocenters. The lowest BCUT2D eigenvalue weighted by Gasteiger charge is -2.07. The number of alkyl halides is 1. The summed E-state index contributed by atoms with van der Waals surface area (Å²) in [7, 11) is 0. The second kappa shape index (κ2) is 3.61. The summed E-state index contributed by atoms with van der Waals surface area (Å²) < 4.78 is 5.28. The molecule has 0 N–H and O–H groups in total. The number of nitrogens with zero attached hydrogens (tertiary/aromatic N) is 2. The fourth-order valence-corrected chi connectivity index (χ4v) is 3.16. The fourth-order valence-electron chi connectivity index (χ4n) is 1.04. The van der Waals surface area contributed by atoms with Gasteiger partial charge in [0, 0.05) is 18.0 Å². The quantitative estimate of drug-likeness (QED) is 0.618. The third kappa shape index (κ3) is 2.26. The molecule has 72 valence electrons. The van der Waals surface area contributed by atoms with Crippen molar-refractivity contribution in [3.05, 3.63) is 5.89 Å². The van der Waals surface area contributed by atoms with Gasteiger partial charge in [-0.2, -0.15) is 0 Å². The first kappa shape index (κ1) is 9.52. The lowest BCUT2D eigenvalue weighted by atomic mass is 10.2. The van der Waals surface area contributed by atoms with Gasteiger partial charge in [-0.25, -0.2) is 0 Å². The van der Waals surface area contributed by atoms with Crippen LogP contribution in [0.2, 0.25) is 0 Å². The summed E-state index contributed by atoms with van der Waals surface area (Å²) in [6.45, 7) is 1.81. The van der Waals surface area contributed by atoms with Crippen LogP contribution >= 0.6 is 27.7 Å². The van der Waals surface area contributed by atoms with Crippen molar-refractivity contribution in [2.45, 2.75) is 25.0 Å². The Morgan fingerprint density at radius 2 is 2.31 bits per heavy atom. The van der Waals surface area contributed by atoms with Crippen molar-refractivity contribution in [1.29, 1.82) is 0 Å². The average Bonchev–Trinajstić information content (AvgIpc) is 2.81. The maximum absolute atomic E-state index is 5.28. The molecule has 0 amide bonds. The predicted octanol–water partition coefficient (Wildman–Crippen LogP) is 2.65. The zero-order valence-corrected chi connectivity index (χ0v) is 9.82. The van der Waals surface area contributed by atoms with Crippen LogP contribution in [0.5, 0.6) is 0 Å². The van der Waals surface area contributed by atoms with E-state index in [1.54, 1.807) is 11.8 Å². The predicted molar refractivity (Wildman–Crippen MR) is 55.2 cm³/mol. The molecular weight excluding hydrogens is 252 g/mol. The van der Waals surface area contributed by atoms with Crippen molar-refractivity contribution in [3.63, 3.8) is 0 Å². The summed E-state index contributed by atoms with van der Waals surface area (Å²) in [6, 6.07) is 0. The van der Waals surface area contributed by atoms with Gasteiger partial charge in [0.1, 0.15) is 0 Å². The topological polar surface area (TPSA) is 38.9 Å². The van der Waals surface area contributed by atoms with Gasteiger partial charge in [-0.05, 0) is 18.3 Å². The van der Waals surface area contributed by atoms with E-state index in [-0.39, 0.29) is 0 Å². The van der Waals surface area contributed by atoms with Crippen molar-refractivity contribution in [3.8, 4) is 0 Å². The second-order valence-corrected chi connectivity index (χ2v) is 5.00. The first-order valence-electron chi connectivity index (χ1n) is 4.23. The summed E-state index contributed by atoms with van der Waals surface area (Å²) in [5.41, 5.74) is 0.507. The number of hydrogen-bond donors (Lipinski definition) is 0. The number of thioether (sulfide) groups is 1. The molecule has 2 rings (SSSR count). The molecule has 0 radical (unpaired) electrons. The molecule has 1 saturated carbocycles. The van der Waals surface area contributed by atoms with E-state index >= 15 is 0 Å². The Hall–Kier alpha value is -0.0300. The molecule has 3 nitrogen and oxygen atoms in total. The van der Waals surface area contributed by atoms with Gasteiger partial charge in [0.25, 0.3) is 5.22 Å². The van der Waals surface area contributed by atoms with Crippen molar-refractivity contribution in [1.82, 2.24) is 10.2 Å². The molecule has 0 aromatic carbocycles. The third-order valence-corrected chi connectivity index (χ3v) is 4.61. The molecule has 1 aliphatic rings. The molecule has 0 spiro atoms. The van der Waals surface area contributed by atoms with Crippen molar-refractivity contribution >= 4 is 27.7 Å². The average molecular weight is 263 g/mol. The van der Waals surface area contributed by atoms with E-state index in [9.17, 15) is 0 Å². The highest BCUT2D eigenvalue weighted by molar-refractivity contribution is 9.09. The number of rotatable bonds is 4. The van der Waals surface area contributed by atoms with Crippen LogP contribution in [-0.4, -0.2) is 21.3 Å². The van der Waals surface area contributed by atoms with E-state index < -0.39 is 0 Å². The van der Waals surface area contributed by atoms with Crippen LogP contribution < -0.4 is 0 Å². The Kier molecular flexibility index (Phi) is 2.65. The molecule has 1 aliphatic carbocycles. The zero-order chi connectivity index (χ0) is 9.31. The van der Waals surface area contributed by atoms with E-state index in [0.717, 1.165) is 11.1 Å². The van der Waals surface area contributed by atoms with Gasteiger partial charge in [0.15, 0.2) is 0 Å². The second-order valence-electron chi connectivity index (χ2n) is 3.51. The number of aryl methyl sites for hydroxylation is 1. The van der Waals surface area contributed by atoms with Gasteiger partial charge in [0.05, 0.1) is 0 Å². The summed E-state index contributed by atoms with van der Waals surface area (Å²) in [6.07, 6.45) is 2.64. The summed E-state index contributed by atoms with van der Waals surface area (Å²) in [5, 5.41) is 9.51. The smallest absolute Gasteiger partial charge is 0.276 e. The summed E-state index contributed by atoms with van der Waals surface area (Å²) >= 11 is 5.20. The lowest BCUT2D eigenvalue weighted by Crippen LogP contribution is -2.04. The van der Waals surface area contributed by atoms with Gasteiger partial charge >= 0.3 is 0 Å². The van der Waals surface area contributed by atoms with Crippen LogP contribution in [0.15, 0.2) is 9.64 Å². The molecule has 13 heavy (non-hydrogen) atoms. The van der Waals surface area contributed by atoms with Gasteiger partial charge in [-0.3, -0.25) is 0 Å². The molecule has 0 bridgehead atoms. The standard InChI is InChI=1S/C8H11BrN2OS/c1-6-10-11-7(12-6)13-5-8(4-9)2-3-8/h2-5H2,1H3. The van der Waals surface area contributed by atoms with E-state index in [4.69, 9.17) is 4.42 Å². The Labute approximate surface area is 89.8 Å². The molecule has 0 saturated heterocycles. The maximum atomic E-state index is 5.28. The maximum Gasteiger partial charge on any atom is 0.276 e. The molecule has 1 aromatic rings. The van der Waals surface area contributed by atoms with Gasteiger partial charge in [0.2, 0.25) is 5.89 Å².